The number of aryl methyl sites for hydroxylation is 2. The number of aromatic hydroxyl groups is 1. The van der Waals surface area contributed by atoms with Crippen LogP contribution in [0.25, 0.3) is 0 Å². The number of rotatable bonds is 6. The fourth-order valence-electron chi connectivity index (χ4n) is 2.57. The molecule has 3 aromatic rings. The average molecular weight is 396 g/mol. The summed E-state index contributed by atoms with van der Waals surface area (Å²) in [6.45, 7) is 3.72. The van der Waals surface area contributed by atoms with Crippen LogP contribution in [-0.4, -0.2) is 22.0 Å². The topological polar surface area (TPSA) is 88.5 Å². The van der Waals surface area contributed by atoms with Crippen LogP contribution in [0.1, 0.15) is 32.2 Å². The third kappa shape index (κ3) is 4.95. The highest BCUT2D eigenvalue weighted by molar-refractivity contribution is 7.09. The Morgan fingerprint density at radius 3 is 2.71 bits per heavy atom. The molecule has 28 heavy (non-hydrogen) atoms. The van der Waals surface area contributed by atoms with E-state index in [0.29, 0.717) is 10.7 Å². The summed E-state index contributed by atoms with van der Waals surface area (Å²) in [7, 11) is 0. The lowest BCUT2D eigenvalue weighted by Crippen LogP contribution is -2.15. The Hall–Kier alpha value is -3.19. The van der Waals surface area contributed by atoms with Crippen molar-refractivity contribution in [3.8, 4) is 5.75 Å². The second-order valence-electron chi connectivity index (χ2n) is 6.37. The first kappa shape index (κ1) is 19.6. The first-order chi connectivity index (χ1) is 13.4. The third-order valence-electron chi connectivity index (χ3n) is 4.05. The minimum atomic E-state index is -0.621. The Bertz CT molecular complexity index is 1010. The molecule has 1 heterocycles. The van der Waals surface area contributed by atoms with Gasteiger partial charge in [0, 0.05) is 11.1 Å². The van der Waals surface area contributed by atoms with Crippen molar-refractivity contribution in [2.24, 2.45) is 0 Å². The van der Waals surface area contributed by atoms with Crippen LogP contribution in [0.5, 0.6) is 5.75 Å². The molecule has 0 aliphatic rings. The number of esters is 1. The summed E-state index contributed by atoms with van der Waals surface area (Å²) in [5.41, 5.74) is 3.28. The van der Waals surface area contributed by atoms with E-state index in [1.54, 1.807) is 11.4 Å². The summed E-state index contributed by atoms with van der Waals surface area (Å²) in [5.74, 6) is -0.891. The van der Waals surface area contributed by atoms with Crippen molar-refractivity contribution < 1.29 is 19.4 Å². The number of para-hydroxylation sites is 1. The number of nitrogens with one attached hydrogen (secondary N) is 1. The molecular weight excluding hydrogens is 376 g/mol. The molecule has 2 N–H and O–H groups in total. The molecule has 0 unspecified atom stereocenters. The zero-order chi connectivity index (χ0) is 20.1. The molecule has 0 radical (unpaired) electrons. The second-order valence-corrected chi connectivity index (χ2v) is 7.31. The van der Waals surface area contributed by atoms with Gasteiger partial charge in [0.1, 0.15) is 22.9 Å². The molecule has 1 aromatic heterocycles. The first-order valence-electron chi connectivity index (χ1n) is 8.68. The van der Waals surface area contributed by atoms with Crippen LogP contribution in [0, 0.1) is 13.8 Å². The van der Waals surface area contributed by atoms with E-state index < -0.39 is 5.97 Å². The number of carbonyl (C=O) groups excluding carboxylic acids is 2. The number of phenolic OH excluding ortho intramolecular Hbond substituents is 1. The lowest BCUT2D eigenvalue weighted by molar-refractivity contribution is -0.115. The van der Waals surface area contributed by atoms with Crippen LogP contribution >= 0.6 is 11.3 Å². The molecule has 0 bridgehead atoms. The minimum Gasteiger partial charge on any atom is -0.507 e. The number of aromatic nitrogens is 1. The molecular formula is C21H20N2O4S. The molecule has 0 atom stereocenters. The standard InChI is InChI=1S/C21H20N2O4S/c1-13-7-8-16(18(24)9-13)21(26)27-11-15-12-28-20(22-15)10-19(25)23-17-6-4-3-5-14(17)2/h3-9,12,24H,10-11H2,1-2H3,(H,23,25). The highest BCUT2D eigenvalue weighted by atomic mass is 32.1. The molecule has 0 aliphatic heterocycles. The highest BCUT2D eigenvalue weighted by Crippen LogP contribution is 2.20. The van der Waals surface area contributed by atoms with Gasteiger partial charge in [0.2, 0.25) is 5.91 Å². The second kappa shape index (κ2) is 8.67. The number of ether oxygens (including phenoxy) is 1. The summed E-state index contributed by atoms with van der Waals surface area (Å²) < 4.78 is 5.21. The van der Waals surface area contributed by atoms with Crippen molar-refractivity contribution in [2.45, 2.75) is 26.9 Å². The Kier molecular flexibility index (Phi) is 6.06. The van der Waals surface area contributed by atoms with Gasteiger partial charge in [-0.1, -0.05) is 24.3 Å². The molecule has 144 valence electrons. The van der Waals surface area contributed by atoms with Gasteiger partial charge in [-0.3, -0.25) is 4.79 Å². The molecule has 0 spiro atoms. The maximum absolute atomic E-state index is 12.2. The molecule has 3 rings (SSSR count). The quantitative estimate of drug-likeness (QED) is 0.615. The SMILES string of the molecule is Cc1ccc(C(=O)OCc2csc(CC(=O)Nc3ccccc3C)n2)c(O)c1. The number of phenols is 1. The Balaban J connectivity index is 1.54. The van der Waals surface area contributed by atoms with Crippen molar-refractivity contribution in [1.82, 2.24) is 4.98 Å². The smallest absolute Gasteiger partial charge is 0.342 e. The van der Waals surface area contributed by atoms with E-state index >= 15 is 0 Å². The van der Waals surface area contributed by atoms with Crippen LogP contribution in [0.2, 0.25) is 0 Å². The normalized spacial score (nSPS) is 10.5. The van der Waals surface area contributed by atoms with E-state index in [9.17, 15) is 14.7 Å². The van der Waals surface area contributed by atoms with Crippen LogP contribution in [0.4, 0.5) is 5.69 Å². The van der Waals surface area contributed by atoms with E-state index in [1.165, 1.54) is 23.5 Å². The van der Waals surface area contributed by atoms with Gasteiger partial charge in [0.25, 0.3) is 0 Å². The third-order valence-corrected chi connectivity index (χ3v) is 4.95. The molecule has 0 saturated heterocycles. The Labute approximate surface area is 166 Å². The zero-order valence-electron chi connectivity index (χ0n) is 15.6. The Morgan fingerprint density at radius 1 is 1.18 bits per heavy atom. The monoisotopic (exact) mass is 396 g/mol. The van der Waals surface area contributed by atoms with E-state index in [1.807, 2.05) is 38.1 Å². The minimum absolute atomic E-state index is 0.0257. The molecule has 1 amide bonds. The number of carbonyl (C=O) groups is 2. The van der Waals surface area contributed by atoms with Gasteiger partial charge in [0.05, 0.1) is 12.1 Å². The van der Waals surface area contributed by atoms with Crippen LogP contribution < -0.4 is 5.32 Å². The van der Waals surface area contributed by atoms with Crippen LogP contribution in [0.15, 0.2) is 47.8 Å². The van der Waals surface area contributed by atoms with Gasteiger partial charge in [-0.25, -0.2) is 9.78 Å². The number of anilines is 1. The summed E-state index contributed by atoms with van der Waals surface area (Å²) in [6.07, 6.45) is 0.145. The molecule has 7 heteroatoms. The van der Waals surface area contributed by atoms with Crippen molar-refractivity contribution in [1.29, 1.82) is 0 Å². The summed E-state index contributed by atoms with van der Waals surface area (Å²) in [5, 5.41) is 15.1. The lowest BCUT2D eigenvalue weighted by Gasteiger charge is -2.07. The number of thiazole rings is 1. The van der Waals surface area contributed by atoms with E-state index in [0.717, 1.165) is 16.8 Å². The van der Waals surface area contributed by atoms with Gasteiger partial charge in [-0.2, -0.15) is 0 Å². The maximum atomic E-state index is 12.2. The average Bonchev–Trinajstić information content (AvgIpc) is 3.09. The number of hydrogen-bond donors (Lipinski definition) is 2. The first-order valence-corrected chi connectivity index (χ1v) is 9.56. The summed E-state index contributed by atoms with van der Waals surface area (Å²) in [4.78, 5) is 28.6. The number of hydrogen-bond acceptors (Lipinski definition) is 6. The van der Waals surface area contributed by atoms with Gasteiger partial charge in [-0.05, 0) is 43.2 Å². The van der Waals surface area contributed by atoms with Crippen molar-refractivity contribution >= 4 is 28.9 Å². The Morgan fingerprint density at radius 2 is 1.96 bits per heavy atom. The van der Waals surface area contributed by atoms with Gasteiger partial charge in [0.15, 0.2) is 0 Å². The number of nitrogens with zero attached hydrogens (tertiary/aromatic N) is 1. The van der Waals surface area contributed by atoms with Crippen molar-refractivity contribution in [3.63, 3.8) is 0 Å². The van der Waals surface area contributed by atoms with Crippen LogP contribution in [0.3, 0.4) is 0 Å². The predicted octanol–water partition coefficient (Wildman–Crippen LogP) is 4.00. The highest BCUT2D eigenvalue weighted by Gasteiger charge is 2.14. The molecule has 6 nitrogen and oxygen atoms in total. The van der Waals surface area contributed by atoms with E-state index in [-0.39, 0.29) is 30.2 Å². The number of benzene rings is 2. The van der Waals surface area contributed by atoms with E-state index in [2.05, 4.69) is 10.3 Å². The summed E-state index contributed by atoms with van der Waals surface area (Å²) >= 11 is 1.33. The van der Waals surface area contributed by atoms with Gasteiger partial charge < -0.3 is 15.2 Å². The van der Waals surface area contributed by atoms with Crippen molar-refractivity contribution in [2.75, 3.05) is 5.32 Å². The fraction of sp³-hybridized carbons (Fsp3) is 0.190. The molecule has 0 aliphatic carbocycles. The number of amides is 1. The zero-order valence-corrected chi connectivity index (χ0v) is 16.4. The largest absolute Gasteiger partial charge is 0.507 e. The summed E-state index contributed by atoms with van der Waals surface area (Å²) in [6, 6.07) is 12.3. The van der Waals surface area contributed by atoms with E-state index in [4.69, 9.17) is 4.74 Å². The predicted molar refractivity (Wildman–Crippen MR) is 108 cm³/mol. The van der Waals surface area contributed by atoms with Gasteiger partial charge in [-0.15, -0.1) is 11.3 Å². The fourth-order valence-corrected chi connectivity index (χ4v) is 3.35. The molecule has 0 fully saturated rings. The molecule has 2 aromatic carbocycles. The van der Waals surface area contributed by atoms with Crippen molar-refractivity contribution in [3.05, 3.63) is 75.2 Å². The van der Waals surface area contributed by atoms with Crippen LogP contribution in [-0.2, 0) is 22.6 Å². The molecule has 0 saturated carbocycles. The maximum Gasteiger partial charge on any atom is 0.342 e. The lowest BCUT2D eigenvalue weighted by atomic mass is 10.1. The van der Waals surface area contributed by atoms with Gasteiger partial charge >= 0.3 is 5.97 Å².